The fourth-order valence-corrected chi connectivity index (χ4v) is 6.32. The number of aliphatic imine (C=N–C) groups is 1. The van der Waals surface area contributed by atoms with E-state index in [1.54, 1.807) is 38.1 Å². The summed E-state index contributed by atoms with van der Waals surface area (Å²) in [5.74, 6) is -0.768. The van der Waals surface area contributed by atoms with E-state index in [2.05, 4.69) is 4.99 Å². The van der Waals surface area contributed by atoms with Crippen molar-refractivity contribution in [3.8, 4) is 0 Å². The lowest BCUT2D eigenvalue weighted by Crippen LogP contribution is -2.27. The molecule has 0 unspecified atom stereocenters. The van der Waals surface area contributed by atoms with Crippen LogP contribution in [-0.4, -0.2) is 18.5 Å². The van der Waals surface area contributed by atoms with E-state index < -0.39 is 31.3 Å². The molecule has 0 radical (unpaired) electrons. The van der Waals surface area contributed by atoms with Crippen LogP contribution in [-0.2, 0) is 10.9 Å². The molecule has 0 aliphatic carbocycles. The molecule has 1 aliphatic heterocycles. The molecular formula is C28H27F5NOP. The van der Waals surface area contributed by atoms with Gasteiger partial charge in [-0.15, -0.1) is 0 Å². The first-order valence-corrected chi connectivity index (χ1v) is 12.8. The number of benzene rings is 3. The summed E-state index contributed by atoms with van der Waals surface area (Å²) in [4.78, 5) is 4.64. The molecule has 0 amide bonds. The number of alkyl halides is 3. The molecule has 8 heteroatoms. The van der Waals surface area contributed by atoms with Gasteiger partial charge in [-0.2, -0.15) is 13.2 Å². The average molecular weight is 519 g/mol. The molecule has 0 fully saturated rings. The Labute approximate surface area is 209 Å². The molecule has 0 N–H and O–H groups in total. The van der Waals surface area contributed by atoms with Crippen molar-refractivity contribution in [3.05, 3.63) is 88.5 Å². The molecule has 190 valence electrons. The Bertz CT molecular complexity index is 1270. The van der Waals surface area contributed by atoms with E-state index in [4.69, 9.17) is 4.74 Å². The Kier molecular flexibility index (Phi) is 7.00. The van der Waals surface area contributed by atoms with Gasteiger partial charge in [0.1, 0.15) is 18.2 Å². The lowest BCUT2D eigenvalue weighted by molar-refractivity contribution is -0.137. The van der Waals surface area contributed by atoms with Crippen LogP contribution in [0.4, 0.5) is 22.0 Å². The molecule has 36 heavy (non-hydrogen) atoms. The van der Waals surface area contributed by atoms with Crippen molar-refractivity contribution >= 4 is 29.7 Å². The Balaban J connectivity index is 1.98. The maximum atomic E-state index is 14.7. The third kappa shape index (κ3) is 5.31. The van der Waals surface area contributed by atoms with Gasteiger partial charge in [-0.1, -0.05) is 51.1 Å². The summed E-state index contributed by atoms with van der Waals surface area (Å²) in [5, 5.41) is 1.57. The van der Waals surface area contributed by atoms with Gasteiger partial charge in [0.25, 0.3) is 0 Å². The van der Waals surface area contributed by atoms with Crippen LogP contribution in [0.2, 0.25) is 0 Å². The van der Waals surface area contributed by atoms with Gasteiger partial charge in [0.15, 0.2) is 0 Å². The van der Waals surface area contributed by atoms with Crippen LogP contribution in [0.1, 0.15) is 43.0 Å². The summed E-state index contributed by atoms with van der Waals surface area (Å²) >= 11 is 0. The van der Waals surface area contributed by atoms with E-state index in [-0.39, 0.29) is 29.5 Å². The summed E-state index contributed by atoms with van der Waals surface area (Å²) in [6.45, 7) is 9.45. The molecule has 0 saturated heterocycles. The predicted octanol–water partition coefficient (Wildman–Crippen LogP) is 6.55. The SMILES string of the molecule is Cc1ccc(P(c2ccc(C)c(F)c2)c2ccc(C(F)(F)F)cc2C2=N[C@@H](C(C)(C)C)CO2)cc1F. The maximum Gasteiger partial charge on any atom is 0.416 e. The van der Waals surface area contributed by atoms with Gasteiger partial charge in [0.2, 0.25) is 5.90 Å². The molecule has 0 saturated carbocycles. The molecule has 4 rings (SSSR count). The number of halogens is 5. The number of rotatable bonds is 4. The third-order valence-electron chi connectivity index (χ3n) is 6.27. The van der Waals surface area contributed by atoms with Gasteiger partial charge in [0, 0.05) is 5.56 Å². The largest absolute Gasteiger partial charge is 0.475 e. The normalized spacial score (nSPS) is 16.3. The number of aryl methyl sites for hydroxylation is 2. The molecule has 0 spiro atoms. The van der Waals surface area contributed by atoms with E-state index in [1.807, 2.05) is 20.8 Å². The maximum absolute atomic E-state index is 14.7. The van der Waals surface area contributed by atoms with Crippen LogP contribution in [0.25, 0.3) is 0 Å². The summed E-state index contributed by atoms with van der Waals surface area (Å²) in [5.41, 5.74) is -0.0357. The van der Waals surface area contributed by atoms with Gasteiger partial charge in [0.05, 0.1) is 11.6 Å². The second kappa shape index (κ2) is 9.59. The standard InChI is InChI=1S/C28H27F5NOP/c1-16-6-9-19(13-22(16)29)36(20-10-7-17(2)23(30)14-20)24-11-8-18(28(31,32)33)12-21(24)26-34-25(15-35-26)27(3,4)5/h6-14,25H,15H2,1-5H3/t25-/m1/s1. The second-order valence-corrected chi connectivity index (χ2v) is 12.2. The minimum Gasteiger partial charge on any atom is -0.475 e. The highest BCUT2D eigenvalue weighted by atomic mass is 31.1. The van der Waals surface area contributed by atoms with E-state index in [1.165, 1.54) is 18.2 Å². The van der Waals surface area contributed by atoms with Crippen molar-refractivity contribution < 1.29 is 26.7 Å². The van der Waals surface area contributed by atoms with Gasteiger partial charge >= 0.3 is 6.18 Å². The highest BCUT2D eigenvalue weighted by Gasteiger charge is 2.36. The Morgan fingerprint density at radius 3 is 1.83 bits per heavy atom. The van der Waals surface area contributed by atoms with Gasteiger partial charge in [-0.05, 0) is 78.5 Å². The Hall–Kier alpha value is -2.79. The van der Waals surface area contributed by atoms with Crippen molar-refractivity contribution in [2.24, 2.45) is 10.4 Å². The molecule has 1 heterocycles. The van der Waals surface area contributed by atoms with Crippen LogP contribution >= 0.6 is 7.92 Å². The van der Waals surface area contributed by atoms with Crippen molar-refractivity contribution in [1.29, 1.82) is 0 Å². The molecule has 1 aliphatic rings. The fraction of sp³-hybridized carbons (Fsp3) is 0.321. The summed E-state index contributed by atoms with van der Waals surface area (Å²) in [7, 11) is -1.64. The van der Waals surface area contributed by atoms with Crippen molar-refractivity contribution in [1.82, 2.24) is 0 Å². The van der Waals surface area contributed by atoms with Crippen molar-refractivity contribution in [2.45, 2.75) is 46.8 Å². The van der Waals surface area contributed by atoms with Gasteiger partial charge in [-0.3, -0.25) is 0 Å². The number of hydrogen-bond acceptors (Lipinski definition) is 2. The predicted molar refractivity (Wildman–Crippen MR) is 135 cm³/mol. The first-order chi connectivity index (χ1) is 16.8. The highest BCUT2D eigenvalue weighted by Crippen LogP contribution is 2.39. The highest BCUT2D eigenvalue weighted by molar-refractivity contribution is 7.80. The molecule has 1 atom stereocenters. The summed E-state index contributed by atoms with van der Waals surface area (Å²) in [6, 6.07) is 12.6. The smallest absolute Gasteiger partial charge is 0.416 e. The number of ether oxygens (including phenoxy) is 1. The topological polar surface area (TPSA) is 21.6 Å². The van der Waals surface area contributed by atoms with Crippen LogP contribution < -0.4 is 15.9 Å². The molecule has 3 aromatic rings. The van der Waals surface area contributed by atoms with Gasteiger partial charge < -0.3 is 4.74 Å². The van der Waals surface area contributed by atoms with Crippen molar-refractivity contribution in [3.63, 3.8) is 0 Å². The van der Waals surface area contributed by atoms with Crippen LogP contribution in [0.3, 0.4) is 0 Å². The Morgan fingerprint density at radius 2 is 1.39 bits per heavy atom. The first-order valence-electron chi connectivity index (χ1n) is 11.5. The van der Waals surface area contributed by atoms with E-state index >= 15 is 0 Å². The molecule has 0 bridgehead atoms. The lowest BCUT2D eigenvalue weighted by Gasteiger charge is -2.24. The van der Waals surface area contributed by atoms with Crippen LogP contribution in [0.15, 0.2) is 59.6 Å². The summed E-state index contributed by atoms with van der Waals surface area (Å²) in [6.07, 6.45) is -4.58. The van der Waals surface area contributed by atoms with Gasteiger partial charge in [-0.25, -0.2) is 13.8 Å². The van der Waals surface area contributed by atoms with Crippen LogP contribution in [0.5, 0.6) is 0 Å². The quantitative estimate of drug-likeness (QED) is 0.283. The zero-order valence-corrected chi connectivity index (χ0v) is 21.6. The van der Waals surface area contributed by atoms with E-state index in [9.17, 15) is 22.0 Å². The second-order valence-electron chi connectivity index (χ2n) is 10.1. The third-order valence-corrected chi connectivity index (χ3v) is 8.73. The van der Waals surface area contributed by atoms with E-state index in [0.717, 1.165) is 12.1 Å². The fourth-order valence-electron chi connectivity index (χ4n) is 3.91. The lowest BCUT2D eigenvalue weighted by atomic mass is 9.88. The van der Waals surface area contributed by atoms with E-state index in [0.29, 0.717) is 27.0 Å². The number of hydrogen-bond donors (Lipinski definition) is 0. The number of nitrogens with zero attached hydrogens (tertiary/aromatic N) is 1. The summed E-state index contributed by atoms with van der Waals surface area (Å²) < 4.78 is 76.3. The Morgan fingerprint density at radius 1 is 0.833 bits per heavy atom. The molecular weight excluding hydrogens is 492 g/mol. The van der Waals surface area contributed by atoms with Crippen molar-refractivity contribution in [2.75, 3.05) is 6.61 Å². The zero-order valence-electron chi connectivity index (χ0n) is 20.7. The van der Waals surface area contributed by atoms with Crippen LogP contribution in [0, 0.1) is 30.9 Å². The zero-order chi connectivity index (χ0) is 26.4. The molecule has 0 aromatic heterocycles. The minimum atomic E-state index is -4.58. The average Bonchev–Trinajstić information content (AvgIpc) is 3.29. The minimum absolute atomic E-state index is 0.115. The molecule has 2 nitrogen and oxygen atoms in total. The molecule has 3 aromatic carbocycles. The monoisotopic (exact) mass is 519 g/mol. The first kappa shape index (κ1) is 26.3.